The van der Waals surface area contributed by atoms with E-state index in [0.717, 1.165) is 42.6 Å². The van der Waals surface area contributed by atoms with Crippen LogP contribution in [0.1, 0.15) is 23.1 Å². The van der Waals surface area contributed by atoms with E-state index in [4.69, 9.17) is 4.74 Å². The fourth-order valence-corrected chi connectivity index (χ4v) is 2.57. The minimum absolute atomic E-state index is 0.118. The van der Waals surface area contributed by atoms with Crippen molar-refractivity contribution in [3.63, 3.8) is 0 Å². The van der Waals surface area contributed by atoms with E-state index in [-0.39, 0.29) is 18.1 Å². The number of allylic oxidation sites excluding steroid dienone is 1. The number of benzene rings is 2. The van der Waals surface area contributed by atoms with Gasteiger partial charge in [-0.1, -0.05) is 18.7 Å². The average Bonchev–Trinajstić information content (AvgIpc) is 2.62. The van der Waals surface area contributed by atoms with Gasteiger partial charge in [0.25, 0.3) is 0 Å². The molecule has 0 saturated heterocycles. The summed E-state index contributed by atoms with van der Waals surface area (Å²) < 4.78 is 5.11. The second-order valence-electron chi connectivity index (χ2n) is 5.91. The quantitative estimate of drug-likeness (QED) is 0.563. The number of ether oxygens (including phenoxy) is 1. The summed E-state index contributed by atoms with van der Waals surface area (Å²) in [7, 11) is 1.53. The first-order chi connectivity index (χ1) is 12.0. The Hall–Kier alpha value is -2.66. The van der Waals surface area contributed by atoms with Crippen molar-refractivity contribution < 1.29 is 20.1 Å². The molecule has 0 aliphatic rings. The number of rotatable bonds is 9. The Morgan fingerprint density at radius 1 is 1.04 bits per heavy atom. The van der Waals surface area contributed by atoms with Gasteiger partial charge in [-0.05, 0) is 54.7 Å². The van der Waals surface area contributed by atoms with E-state index in [1.807, 2.05) is 24.3 Å². The Morgan fingerprint density at radius 2 is 1.72 bits per heavy atom. The molecule has 0 heterocycles. The van der Waals surface area contributed by atoms with Crippen LogP contribution in [0.25, 0.3) is 0 Å². The summed E-state index contributed by atoms with van der Waals surface area (Å²) in [5.41, 5.74) is 3.60. The van der Waals surface area contributed by atoms with E-state index in [0.29, 0.717) is 11.3 Å². The summed E-state index contributed by atoms with van der Waals surface area (Å²) in [5.74, 6) is 0.732. The zero-order valence-electron chi connectivity index (χ0n) is 14.5. The molecular formula is C20H25NO4. The Balaban J connectivity index is 1.77. The van der Waals surface area contributed by atoms with Gasteiger partial charge < -0.3 is 25.4 Å². The van der Waals surface area contributed by atoms with Gasteiger partial charge in [-0.15, -0.1) is 0 Å². The van der Waals surface area contributed by atoms with Gasteiger partial charge in [-0.25, -0.2) is 0 Å². The van der Waals surface area contributed by atoms with Crippen LogP contribution in [0, 0.1) is 0 Å². The number of phenols is 2. The molecule has 0 amide bonds. The van der Waals surface area contributed by atoms with Gasteiger partial charge >= 0.3 is 0 Å². The van der Waals surface area contributed by atoms with Gasteiger partial charge in [0.1, 0.15) is 5.75 Å². The van der Waals surface area contributed by atoms with Crippen LogP contribution >= 0.6 is 0 Å². The van der Waals surface area contributed by atoms with E-state index >= 15 is 0 Å². The van der Waals surface area contributed by atoms with E-state index in [9.17, 15) is 15.3 Å². The minimum Gasteiger partial charge on any atom is -0.508 e. The highest BCUT2D eigenvalue weighted by Gasteiger charge is 2.04. The minimum atomic E-state index is -0.171. The van der Waals surface area contributed by atoms with Crippen LogP contribution in [-0.2, 0) is 19.4 Å². The first kappa shape index (κ1) is 18.7. The molecule has 5 heteroatoms. The predicted octanol–water partition coefficient (Wildman–Crippen LogP) is 2.88. The number of phenolic OH excluding ortho intramolecular Hbond substituents is 1. The molecule has 0 fully saturated rings. The van der Waals surface area contributed by atoms with Gasteiger partial charge in [-0.3, -0.25) is 0 Å². The molecule has 0 atom stereocenters. The smallest absolute Gasteiger partial charge is 0.160 e. The van der Waals surface area contributed by atoms with E-state index < -0.39 is 0 Å². The van der Waals surface area contributed by atoms with Crippen LogP contribution in [0.3, 0.4) is 0 Å². The number of aliphatic hydroxyl groups is 1. The molecule has 0 aliphatic carbocycles. The molecule has 5 nitrogen and oxygen atoms in total. The Bertz CT molecular complexity index is 728. The molecule has 0 saturated carbocycles. The van der Waals surface area contributed by atoms with Crippen LogP contribution in [0.5, 0.6) is 17.2 Å². The fourth-order valence-electron chi connectivity index (χ4n) is 2.57. The second-order valence-corrected chi connectivity index (χ2v) is 5.91. The van der Waals surface area contributed by atoms with E-state index in [1.54, 1.807) is 12.1 Å². The van der Waals surface area contributed by atoms with Crippen LogP contribution in [0.15, 0.2) is 48.7 Å². The van der Waals surface area contributed by atoms with E-state index in [1.165, 1.54) is 7.11 Å². The lowest BCUT2D eigenvalue weighted by Gasteiger charge is -2.11. The number of nitrogens with one attached hydrogen (secondary N) is 1. The standard InChI is InChI=1S/C20H25NO4/c1-14(3-4-15-6-8-19(24)20(12-15)25-2)21-10-9-16-5-7-18(23)17(11-16)13-22/h5-8,11-12,21-24H,1,3-4,9-10,13H2,2H3. The summed E-state index contributed by atoms with van der Waals surface area (Å²) in [4.78, 5) is 0. The maximum atomic E-state index is 9.61. The first-order valence-electron chi connectivity index (χ1n) is 8.22. The Kier molecular flexibility index (Phi) is 6.71. The maximum Gasteiger partial charge on any atom is 0.160 e. The summed E-state index contributed by atoms with van der Waals surface area (Å²) in [6, 6.07) is 10.6. The zero-order chi connectivity index (χ0) is 18.2. The number of hydrogen-bond donors (Lipinski definition) is 4. The number of hydrogen-bond acceptors (Lipinski definition) is 5. The van der Waals surface area contributed by atoms with Gasteiger partial charge in [0.05, 0.1) is 13.7 Å². The lowest BCUT2D eigenvalue weighted by atomic mass is 10.1. The molecular weight excluding hydrogens is 318 g/mol. The molecule has 0 aliphatic heterocycles. The van der Waals surface area contributed by atoms with Crippen LogP contribution < -0.4 is 10.1 Å². The molecule has 134 valence electrons. The number of aromatic hydroxyl groups is 2. The molecule has 2 aromatic carbocycles. The molecule has 0 spiro atoms. The van der Waals surface area contributed by atoms with Crippen molar-refractivity contribution >= 4 is 0 Å². The van der Waals surface area contributed by atoms with Crippen molar-refractivity contribution in [2.24, 2.45) is 0 Å². The second kappa shape index (κ2) is 8.99. The van der Waals surface area contributed by atoms with Crippen LogP contribution in [0.2, 0.25) is 0 Å². The molecule has 0 bridgehead atoms. The highest BCUT2D eigenvalue weighted by atomic mass is 16.5. The SMILES string of the molecule is C=C(CCc1ccc(O)c(OC)c1)NCCc1ccc(O)c(CO)c1. The van der Waals surface area contributed by atoms with Gasteiger partial charge in [0.2, 0.25) is 0 Å². The third kappa shape index (κ3) is 5.43. The molecule has 4 N–H and O–H groups in total. The summed E-state index contributed by atoms with van der Waals surface area (Å²) in [6.45, 7) is 4.60. The average molecular weight is 343 g/mol. The van der Waals surface area contributed by atoms with Crippen molar-refractivity contribution in [3.8, 4) is 17.2 Å². The van der Waals surface area contributed by atoms with Crippen molar-refractivity contribution in [1.29, 1.82) is 0 Å². The van der Waals surface area contributed by atoms with Crippen LogP contribution in [-0.4, -0.2) is 29.0 Å². The third-order valence-electron chi connectivity index (χ3n) is 4.06. The van der Waals surface area contributed by atoms with Crippen molar-refractivity contribution in [3.05, 3.63) is 65.4 Å². The highest BCUT2D eigenvalue weighted by molar-refractivity contribution is 5.42. The Labute approximate surface area is 148 Å². The lowest BCUT2D eigenvalue weighted by Crippen LogP contribution is -2.16. The molecule has 0 radical (unpaired) electrons. The van der Waals surface area contributed by atoms with Crippen molar-refractivity contribution in [2.75, 3.05) is 13.7 Å². The third-order valence-corrected chi connectivity index (χ3v) is 4.06. The van der Waals surface area contributed by atoms with E-state index in [2.05, 4.69) is 11.9 Å². The number of methoxy groups -OCH3 is 1. The van der Waals surface area contributed by atoms with Crippen molar-refractivity contribution in [1.82, 2.24) is 5.32 Å². The lowest BCUT2D eigenvalue weighted by molar-refractivity contribution is 0.275. The normalized spacial score (nSPS) is 10.5. The first-order valence-corrected chi connectivity index (χ1v) is 8.22. The molecule has 0 unspecified atom stereocenters. The number of aliphatic hydroxyl groups excluding tert-OH is 1. The van der Waals surface area contributed by atoms with Gasteiger partial charge in [-0.2, -0.15) is 0 Å². The summed E-state index contributed by atoms with van der Waals surface area (Å²) in [6.07, 6.45) is 2.36. The summed E-state index contributed by atoms with van der Waals surface area (Å²) >= 11 is 0. The largest absolute Gasteiger partial charge is 0.508 e. The monoisotopic (exact) mass is 343 g/mol. The predicted molar refractivity (Wildman–Crippen MR) is 97.9 cm³/mol. The fraction of sp³-hybridized carbons (Fsp3) is 0.300. The van der Waals surface area contributed by atoms with Gasteiger partial charge in [0.15, 0.2) is 11.5 Å². The Morgan fingerprint density at radius 3 is 2.40 bits per heavy atom. The summed E-state index contributed by atoms with van der Waals surface area (Å²) in [5, 5.41) is 31.6. The molecule has 0 aromatic heterocycles. The van der Waals surface area contributed by atoms with Gasteiger partial charge in [0, 0.05) is 17.8 Å². The molecule has 2 rings (SSSR count). The van der Waals surface area contributed by atoms with Crippen molar-refractivity contribution in [2.45, 2.75) is 25.9 Å². The number of aryl methyl sites for hydroxylation is 1. The molecule has 25 heavy (non-hydrogen) atoms. The highest BCUT2D eigenvalue weighted by Crippen LogP contribution is 2.27. The zero-order valence-corrected chi connectivity index (χ0v) is 14.5. The topological polar surface area (TPSA) is 82.0 Å². The maximum absolute atomic E-state index is 9.61. The molecule has 2 aromatic rings. The van der Waals surface area contributed by atoms with Crippen LogP contribution in [0.4, 0.5) is 0 Å².